The van der Waals surface area contributed by atoms with Crippen LogP contribution in [0.3, 0.4) is 0 Å². The second-order valence-electron chi connectivity index (χ2n) is 16.2. The van der Waals surface area contributed by atoms with E-state index in [0.29, 0.717) is 99.9 Å². The number of aliphatic hydroxyl groups excluding tert-OH is 1. The van der Waals surface area contributed by atoms with Crippen LogP contribution in [0.25, 0.3) is 16.5 Å². The van der Waals surface area contributed by atoms with Crippen molar-refractivity contribution in [2.75, 3.05) is 82.2 Å². The number of anilines is 2. The quantitative estimate of drug-likeness (QED) is 0.177. The third-order valence-electron chi connectivity index (χ3n) is 12.8. The molecule has 3 unspecified atom stereocenters. The Morgan fingerprint density at radius 1 is 0.933 bits per heavy atom. The number of halogens is 4. The lowest BCUT2D eigenvalue weighted by molar-refractivity contribution is -0.135. The van der Waals surface area contributed by atoms with Crippen molar-refractivity contribution in [3.8, 4) is 5.75 Å². The molecule has 0 bridgehead atoms. The summed E-state index contributed by atoms with van der Waals surface area (Å²) in [6.45, 7) is 14.4. The third kappa shape index (κ3) is 7.44. The van der Waals surface area contributed by atoms with Gasteiger partial charge in [-0.1, -0.05) is 49.4 Å². The van der Waals surface area contributed by atoms with Crippen LogP contribution in [0.1, 0.15) is 30.9 Å². The van der Waals surface area contributed by atoms with Crippen molar-refractivity contribution in [2.45, 2.75) is 37.4 Å². The highest BCUT2D eigenvalue weighted by atomic mass is 35.5. The normalized spacial score (nSPS) is 23.6. The number of phenols is 1. The van der Waals surface area contributed by atoms with Gasteiger partial charge in [0, 0.05) is 111 Å². The van der Waals surface area contributed by atoms with Crippen LogP contribution < -0.4 is 10.2 Å². The molecule has 0 spiro atoms. The van der Waals surface area contributed by atoms with Crippen molar-refractivity contribution in [3.05, 3.63) is 94.2 Å². The van der Waals surface area contributed by atoms with Gasteiger partial charge in [0.1, 0.15) is 35.3 Å². The van der Waals surface area contributed by atoms with E-state index in [9.17, 15) is 24.6 Å². The van der Waals surface area contributed by atoms with Gasteiger partial charge in [-0.25, -0.2) is 18.7 Å². The first kappa shape index (κ1) is 41.5. The predicted octanol–water partition coefficient (Wildman–Crippen LogP) is 5.48. The molecule has 3 atom stereocenters. The number of amides is 3. The maximum atomic E-state index is 16.6. The summed E-state index contributed by atoms with van der Waals surface area (Å²) in [4.78, 5) is 55.2. The molecule has 1 saturated carbocycles. The Morgan fingerprint density at radius 3 is 2.28 bits per heavy atom. The van der Waals surface area contributed by atoms with E-state index in [1.807, 2.05) is 11.8 Å². The zero-order valence-corrected chi connectivity index (χ0v) is 34.7. The van der Waals surface area contributed by atoms with Gasteiger partial charge in [-0.05, 0) is 47.8 Å². The largest absolute Gasteiger partial charge is 0.507 e. The van der Waals surface area contributed by atoms with Gasteiger partial charge >= 0.3 is 0 Å². The van der Waals surface area contributed by atoms with Crippen LogP contribution in [-0.2, 0) is 19.8 Å². The Balaban J connectivity index is 0.968. The van der Waals surface area contributed by atoms with Crippen molar-refractivity contribution >= 4 is 68.9 Å². The van der Waals surface area contributed by atoms with Gasteiger partial charge in [-0.3, -0.25) is 19.3 Å². The number of carbonyl (C=O) groups excluding carboxylic acids is 3. The Bertz CT molecular complexity index is 2360. The number of nitrogens with zero attached hydrogens (tertiary/aromatic N) is 7. The maximum Gasteiger partial charge on any atom is 0.246 e. The number of rotatable bonds is 10. The second kappa shape index (κ2) is 16.3. The second-order valence-corrected chi connectivity index (χ2v) is 17.0. The van der Waals surface area contributed by atoms with Gasteiger partial charge in [0.05, 0.1) is 17.3 Å². The number of alkyl halides is 1. The lowest BCUT2D eigenvalue weighted by Gasteiger charge is -2.47. The smallest absolute Gasteiger partial charge is 0.246 e. The molecule has 3 aliphatic heterocycles. The van der Waals surface area contributed by atoms with E-state index < -0.39 is 23.2 Å². The number of likely N-dealkylation sites (tertiary alicyclic amines) is 1. The van der Waals surface area contributed by atoms with Gasteiger partial charge in [-0.2, -0.15) is 0 Å². The monoisotopic (exact) mass is 862 g/mol. The summed E-state index contributed by atoms with van der Waals surface area (Å²) in [5.41, 5.74) is 0.131. The van der Waals surface area contributed by atoms with E-state index in [1.54, 1.807) is 26.8 Å². The minimum Gasteiger partial charge on any atom is -0.507 e. The van der Waals surface area contributed by atoms with Crippen LogP contribution in [0.5, 0.6) is 5.75 Å². The first-order chi connectivity index (χ1) is 28.7. The van der Waals surface area contributed by atoms with E-state index in [0.717, 1.165) is 0 Å². The molecule has 2 aromatic carbocycles. The molecule has 3 amide bonds. The third-order valence-corrected chi connectivity index (χ3v) is 13.4. The number of phenolic OH excluding ortho intramolecular Hbond substituents is 1. The summed E-state index contributed by atoms with van der Waals surface area (Å²) in [6.07, 6.45) is 4.06. The van der Waals surface area contributed by atoms with Gasteiger partial charge in [-0.15, -0.1) is 0 Å². The summed E-state index contributed by atoms with van der Waals surface area (Å²) in [7, 11) is 0. The zero-order valence-electron chi connectivity index (χ0n) is 33.1. The average Bonchev–Trinajstić information content (AvgIpc) is 3.91. The van der Waals surface area contributed by atoms with Crippen molar-refractivity contribution in [1.82, 2.24) is 29.6 Å². The Hall–Kier alpha value is -5.25. The van der Waals surface area contributed by atoms with Crippen molar-refractivity contribution in [3.63, 3.8) is 0 Å². The molecule has 4 heterocycles. The number of aliphatic hydroxyl groups is 1. The van der Waals surface area contributed by atoms with Gasteiger partial charge in [0.15, 0.2) is 5.82 Å². The number of aromatic hydroxyl groups is 1. The fraction of sp³-hybridized carbons (Fsp3) is 0.419. The molecule has 60 heavy (non-hydrogen) atoms. The number of hydrogen-bond donors (Lipinski definition) is 3. The van der Waals surface area contributed by atoms with E-state index in [1.165, 1.54) is 30.6 Å². The van der Waals surface area contributed by atoms with Crippen LogP contribution in [0.15, 0.2) is 67.2 Å². The van der Waals surface area contributed by atoms with Gasteiger partial charge in [0.25, 0.3) is 0 Å². The number of fused-ring (bicyclic) bond motifs is 1. The topological polar surface area (TPSA) is 146 Å². The SMILES string of the molecule is C=CC(=O)N1CCN(c2ncnc3c(F)c(C4=C(O)C(C5CC5(C)c5cc(NCC(=O)N6CCN(C7CN(C(=O)C=C)C7)CC6)c(O)cc5Cl)=CCC4F)c(Cl)cc23)CC1. The zero-order chi connectivity index (χ0) is 42.6. The molecule has 2 aliphatic carbocycles. The summed E-state index contributed by atoms with van der Waals surface area (Å²) < 4.78 is 32.5. The summed E-state index contributed by atoms with van der Waals surface area (Å²) >= 11 is 13.5. The summed E-state index contributed by atoms with van der Waals surface area (Å²) in [6, 6.07) is 4.88. The van der Waals surface area contributed by atoms with E-state index in [2.05, 4.69) is 33.3 Å². The molecule has 5 aliphatic rings. The fourth-order valence-corrected chi connectivity index (χ4v) is 9.75. The highest BCUT2D eigenvalue weighted by molar-refractivity contribution is 6.33. The summed E-state index contributed by atoms with van der Waals surface area (Å²) in [5, 5.41) is 26.2. The van der Waals surface area contributed by atoms with Crippen molar-refractivity contribution in [2.24, 2.45) is 5.92 Å². The molecule has 3 N–H and O–H groups in total. The molecule has 17 heteroatoms. The fourth-order valence-electron chi connectivity index (χ4n) is 9.09. The number of hydrogen-bond acceptors (Lipinski definition) is 10. The number of carbonyl (C=O) groups is 3. The molecule has 13 nitrogen and oxygen atoms in total. The van der Waals surface area contributed by atoms with Crippen LogP contribution in [-0.4, -0.2) is 142 Å². The van der Waals surface area contributed by atoms with E-state index in [-0.39, 0.29) is 75.1 Å². The highest BCUT2D eigenvalue weighted by Crippen LogP contribution is 2.62. The van der Waals surface area contributed by atoms with Crippen LogP contribution in [0.4, 0.5) is 20.3 Å². The number of nitrogens with one attached hydrogen (secondary N) is 1. The minimum atomic E-state index is -1.76. The van der Waals surface area contributed by atoms with E-state index in [4.69, 9.17) is 23.2 Å². The number of benzene rings is 2. The van der Waals surface area contributed by atoms with Crippen LogP contribution in [0, 0.1) is 11.7 Å². The molecule has 3 aromatic rings. The van der Waals surface area contributed by atoms with Crippen molar-refractivity contribution < 1.29 is 33.4 Å². The first-order valence-electron chi connectivity index (χ1n) is 20.0. The Morgan fingerprint density at radius 2 is 1.60 bits per heavy atom. The molecule has 8 rings (SSSR count). The first-order valence-corrected chi connectivity index (χ1v) is 20.8. The lowest BCUT2D eigenvalue weighted by atomic mass is 9.84. The standard InChI is InChI=1S/C43H46Cl2F2N8O5/c1-4-34(57)52-12-14-54(15-13-52)42-26-16-30(45)37(39(47)40(26)49-23-50-42)38-31(46)7-6-25(41(38)60)28-19-43(28,3)27-17-32(33(56)18-29(27)44)48-20-36(59)53-10-8-51(9-11-53)24-21-55(22-24)35(58)5-2/h4-6,16-18,23-24,28,31,48,56,60H,1-2,7-15,19-22H2,3H3. The van der Waals surface area contributed by atoms with Crippen molar-refractivity contribution in [1.29, 1.82) is 0 Å². The predicted molar refractivity (Wildman–Crippen MR) is 226 cm³/mol. The molecule has 3 saturated heterocycles. The highest BCUT2D eigenvalue weighted by Gasteiger charge is 2.56. The maximum absolute atomic E-state index is 16.6. The van der Waals surface area contributed by atoms with Gasteiger partial charge in [0.2, 0.25) is 17.7 Å². The number of allylic oxidation sites excluding steroid dienone is 3. The summed E-state index contributed by atoms with van der Waals surface area (Å²) in [5.74, 6) is -1.72. The lowest BCUT2D eigenvalue weighted by Crippen LogP contribution is -2.64. The Kier molecular flexibility index (Phi) is 11.3. The number of piperazine rings is 2. The molecule has 0 radical (unpaired) electrons. The molecular weight excluding hydrogens is 817 g/mol. The molecular formula is C43H46Cl2F2N8O5. The molecule has 1 aromatic heterocycles. The van der Waals surface area contributed by atoms with Gasteiger partial charge < -0.3 is 35.1 Å². The Labute approximate surface area is 356 Å². The van der Waals surface area contributed by atoms with Crippen LogP contribution >= 0.6 is 23.2 Å². The average molecular weight is 864 g/mol. The van der Waals surface area contributed by atoms with Crippen LogP contribution in [0.2, 0.25) is 10.0 Å². The molecule has 316 valence electrons. The van der Waals surface area contributed by atoms with E-state index >= 15 is 8.78 Å². The molecule has 4 fully saturated rings. The number of aromatic nitrogens is 2. The minimum absolute atomic E-state index is 0.0619.